The molecule has 0 unspecified atom stereocenters. The highest BCUT2D eigenvalue weighted by Crippen LogP contribution is 2.33. The van der Waals surface area contributed by atoms with Crippen molar-refractivity contribution >= 4 is 45.2 Å². The molecule has 0 aliphatic carbocycles. The normalized spacial score (nSPS) is 16.4. The SMILES string of the molecule is CN(C(=O)c1ccc2nc(N)c(I)cc2c1)[C@@H]1COCc2nc(C(F)(F)F)ccc21. The Balaban J connectivity index is 1.65. The standard InChI is InChI=1S/C20H16F3IN4O2/c1-28(16-9-30-8-15-12(16)3-5-17(26-15)20(21,22)23)19(29)10-2-4-14-11(6-10)7-13(24)18(25)27-14/h2-7,16H,8-9H2,1H3,(H2,25,27)/t16-/m1/s1. The van der Waals surface area contributed by atoms with E-state index in [1.807, 2.05) is 6.07 Å². The van der Waals surface area contributed by atoms with Gasteiger partial charge in [0, 0.05) is 23.6 Å². The third-order valence-corrected chi connectivity index (χ3v) is 5.87. The number of benzene rings is 1. The monoisotopic (exact) mass is 528 g/mol. The minimum atomic E-state index is -4.54. The number of carbonyl (C=O) groups is 1. The van der Waals surface area contributed by atoms with E-state index in [4.69, 9.17) is 10.5 Å². The maximum Gasteiger partial charge on any atom is 0.433 e. The Morgan fingerprint density at radius 1 is 1.23 bits per heavy atom. The van der Waals surface area contributed by atoms with Crippen molar-refractivity contribution in [1.82, 2.24) is 14.9 Å². The lowest BCUT2D eigenvalue weighted by Crippen LogP contribution is -2.36. The van der Waals surface area contributed by atoms with Gasteiger partial charge in [0.2, 0.25) is 0 Å². The number of amides is 1. The van der Waals surface area contributed by atoms with E-state index in [1.165, 1.54) is 11.0 Å². The van der Waals surface area contributed by atoms with Crippen molar-refractivity contribution in [1.29, 1.82) is 0 Å². The summed E-state index contributed by atoms with van der Waals surface area (Å²) in [4.78, 5) is 22.6. The Hall–Kier alpha value is -2.47. The van der Waals surface area contributed by atoms with Crippen LogP contribution in [0.25, 0.3) is 10.9 Å². The first-order valence-corrected chi connectivity index (χ1v) is 10.0. The molecule has 0 spiro atoms. The third kappa shape index (κ3) is 3.81. The van der Waals surface area contributed by atoms with Gasteiger partial charge in [-0.15, -0.1) is 0 Å². The number of fused-ring (bicyclic) bond motifs is 2. The van der Waals surface area contributed by atoms with Gasteiger partial charge in [-0.25, -0.2) is 9.97 Å². The highest BCUT2D eigenvalue weighted by Gasteiger charge is 2.35. The van der Waals surface area contributed by atoms with Gasteiger partial charge in [-0.1, -0.05) is 6.07 Å². The van der Waals surface area contributed by atoms with Gasteiger partial charge in [-0.05, 0) is 52.9 Å². The number of hydrogen-bond acceptors (Lipinski definition) is 5. The van der Waals surface area contributed by atoms with Crippen LogP contribution >= 0.6 is 22.6 Å². The predicted octanol–water partition coefficient (Wildman–Crippen LogP) is 4.18. The first-order valence-electron chi connectivity index (χ1n) is 8.93. The first-order chi connectivity index (χ1) is 14.1. The van der Waals surface area contributed by atoms with E-state index in [-0.39, 0.29) is 24.8 Å². The van der Waals surface area contributed by atoms with Crippen molar-refractivity contribution in [2.45, 2.75) is 18.8 Å². The van der Waals surface area contributed by atoms with Gasteiger partial charge in [0.25, 0.3) is 5.91 Å². The zero-order chi connectivity index (χ0) is 21.6. The molecule has 0 bridgehead atoms. The van der Waals surface area contributed by atoms with Crippen LogP contribution in [-0.4, -0.2) is 34.4 Å². The van der Waals surface area contributed by atoms with Crippen LogP contribution in [-0.2, 0) is 17.5 Å². The van der Waals surface area contributed by atoms with Crippen molar-refractivity contribution in [3.8, 4) is 0 Å². The number of nitrogens with two attached hydrogens (primary N) is 1. The van der Waals surface area contributed by atoms with Crippen LogP contribution in [0.1, 0.15) is 33.4 Å². The summed E-state index contributed by atoms with van der Waals surface area (Å²) in [6.45, 7) is 0.144. The molecule has 1 aliphatic rings. The number of ether oxygens (including phenoxy) is 1. The second-order valence-corrected chi connectivity index (χ2v) is 8.10. The Morgan fingerprint density at radius 3 is 2.73 bits per heavy atom. The number of hydrogen-bond donors (Lipinski definition) is 1. The summed E-state index contributed by atoms with van der Waals surface area (Å²) in [7, 11) is 1.60. The summed E-state index contributed by atoms with van der Waals surface area (Å²) in [5.74, 6) is 0.131. The number of rotatable bonds is 2. The molecule has 0 radical (unpaired) electrons. The summed E-state index contributed by atoms with van der Waals surface area (Å²) in [5, 5.41) is 0.768. The number of carbonyl (C=O) groups excluding carboxylic acids is 1. The van der Waals surface area contributed by atoms with E-state index in [9.17, 15) is 18.0 Å². The molecule has 2 aromatic heterocycles. The molecule has 156 valence electrons. The highest BCUT2D eigenvalue weighted by atomic mass is 127. The quantitative estimate of drug-likeness (QED) is 0.505. The number of likely N-dealkylation sites (N-methyl/N-ethyl adjacent to an activating group) is 1. The van der Waals surface area contributed by atoms with E-state index in [0.29, 0.717) is 22.5 Å². The average molecular weight is 528 g/mol. The lowest BCUT2D eigenvalue weighted by Gasteiger charge is -2.33. The molecular weight excluding hydrogens is 512 g/mol. The lowest BCUT2D eigenvalue weighted by atomic mass is 10.0. The van der Waals surface area contributed by atoms with Crippen molar-refractivity contribution in [2.75, 3.05) is 19.4 Å². The van der Waals surface area contributed by atoms with Gasteiger partial charge in [-0.2, -0.15) is 13.2 Å². The fourth-order valence-corrected chi connectivity index (χ4v) is 3.87. The molecule has 0 saturated heterocycles. The van der Waals surface area contributed by atoms with Crippen molar-refractivity contribution < 1.29 is 22.7 Å². The maximum absolute atomic E-state index is 13.1. The molecule has 0 saturated carbocycles. The summed E-state index contributed by atoms with van der Waals surface area (Å²) in [6, 6.07) is 8.69. The summed E-state index contributed by atoms with van der Waals surface area (Å²) >= 11 is 2.07. The fourth-order valence-electron chi connectivity index (χ4n) is 3.41. The average Bonchev–Trinajstić information content (AvgIpc) is 2.71. The number of aromatic nitrogens is 2. The van der Waals surface area contributed by atoms with E-state index < -0.39 is 17.9 Å². The third-order valence-electron chi connectivity index (χ3n) is 5.00. The second-order valence-electron chi connectivity index (χ2n) is 6.94. The summed E-state index contributed by atoms with van der Waals surface area (Å²) in [5.41, 5.74) is 6.69. The maximum atomic E-state index is 13.1. The summed E-state index contributed by atoms with van der Waals surface area (Å²) in [6.07, 6.45) is -4.54. The van der Waals surface area contributed by atoms with Crippen LogP contribution in [0.2, 0.25) is 0 Å². The highest BCUT2D eigenvalue weighted by molar-refractivity contribution is 14.1. The molecule has 1 aromatic carbocycles. The van der Waals surface area contributed by atoms with E-state index in [0.717, 1.165) is 15.0 Å². The molecule has 6 nitrogen and oxygen atoms in total. The van der Waals surface area contributed by atoms with E-state index >= 15 is 0 Å². The smallest absolute Gasteiger partial charge is 0.383 e. The van der Waals surface area contributed by atoms with E-state index in [2.05, 4.69) is 32.6 Å². The minimum absolute atomic E-state index is 0.0285. The molecule has 3 aromatic rings. The van der Waals surface area contributed by atoms with Crippen molar-refractivity contribution in [2.24, 2.45) is 0 Å². The number of pyridine rings is 2. The van der Waals surface area contributed by atoms with Crippen LogP contribution < -0.4 is 5.73 Å². The number of halogens is 4. The van der Waals surface area contributed by atoms with Crippen LogP contribution in [0.4, 0.5) is 19.0 Å². The molecule has 4 rings (SSSR count). The Kier molecular flexibility index (Phi) is 5.30. The topological polar surface area (TPSA) is 81.3 Å². The molecule has 10 heteroatoms. The minimum Gasteiger partial charge on any atom is -0.383 e. The first kappa shape index (κ1) is 20.8. The number of nitrogen functional groups attached to an aromatic ring is 1. The van der Waals surface area contributed by atoms with E-state index in [1.54, 1.807) is 25.2 Å². The molecule has 2 N–H and O–H groups in total. The molecule has 3 heterocycles. The van der Waals surface area contributed by atoms with Crippen LogP contribution in [0.5, 0.6) is 0 Å². The molecule has 1 amide bonds. The van der Waals surface area contributed by atoms with Gasteiger partial charge < -0.3 is 15.4 Å². The second kappa shape index (κ2) is 7.65. The zero-order valence-electron chi connectivity index (χ0n) is 15.7. The summed E-state index contributed by atoms with van der Waals surface area (Å²) < 4.78 is 45.1. The fraction of sp³-hybridized carbons (Fsp3) is 0.250. The Morgan fingerprint density at radius 2 is 2.00 bits per heavy atom. The molecule has 0 fully saturated rings. The van der Waals surface area contributed by atoms with Crippen LogP contribution in [0, 0.1) is 3.57 Å². The van der Waals surface area contributed by atoms with Gasteiger partial charge >= 0.3 is 6.18 Å². The molecule has 1 atom stereocenters. The van der Waals surface area contributed by atoms with Crippen molar-refractivity contribution in [3.63, 3.8) is 0 Å². The number of alkyl halides is 3. The van der Waals surface area contributed by atoms with Gasteiger partial charge in [0.1, 0.15) is 11.5 Å². The van der Waals surface area contributed by atoms with Gasteiger partial charge in [-0.3, -0.25) is 4.79 Å². The number of nitrogens with zero attached hydrogens (tertiary/aromatic N) is 3. The van der Waals surface area contributed by atoms with Gasteiger partial charge in [0.05, 0.1) is 34.0 Å². The zero-order valence-corrected chi connectivity index (χ0v) is 17.9. The number of anilines is 1. The van der Waals surface area contributed by atoms with Crippen LogP contribution in [0.15, 0.2) is 36.4 Å². The predicted molar refractivity (Wildman–Crippen MR) is 113 cm³/mol. The van der Waals surface area contributed by atoms with Crippen molar-refractivity contribution in [3.05, 3.63) is 62.5 Å². The Bertz CT molecular complexity index is 1150. The largest absolute Gasteiger partial charge is 0.433 e. The Labute approximate surface area is 183 Å². The molecule has 30 heavy (non-hydrogen) atoms. The lowest BCUT2D eigenvalue weighted by molar-refractivity contribution is -0.141. The molecular formula is C20H16F3IN4O2. The molecule has 1 aliphatic heterocycles. The van der Waals surface area contributed by atoms with Crippen LogP contribution in [0.3, 0.4) is 0 Å². The van der Waals surface area contributed by atoms with Gasteiger partial charge in [0.15, 0.2) is 0 Å².